The van der Waals surface area contributed by atoms with Gasteiger partial charge in [0, 0.05) is 17.1 Å². The molecular formula is C69H57N. The van der Waals surface area contributed by atoms with Gasteiger partial charge in [0.15, 0.2) is 0 Å². The average Bonchev–Trinajstić information content (AvgIpc) is 3.43. The molecule has 0 saturated carbocycles. The van der Waals surface area contributed by atoms with E-state index in [9.17, 15) is 0 Å². The fourth-order valence-electron chi connectivity index (χ4n) is 8.76. The lowest BCUT2D eigenvalue weighted by Crippen LogP contribution is -2.10. The van der Waals surface area contributed by atoms with Gasteiger partial charge in [0.05, 0.1) is 0 Å². The van der Waals surface area contributed by atoms with Gasteiger partial charge >= 0.3 is 0 Å². The van der Waals surface area contributed by atoms with Crippen LogP contribution in [-0.4, -0.2) is 0 Å². The average molecular weight is 900 g/mol. The smallest absolute Gasteiger partial charge is 0.0462 e. The summed E-state index contributed by atoms with van der Waals surface area (Å²) in [5.74, 6) is 0. The van der Waals surface area contributed by atoms with Crippen molar-refractivity contribution in [1.29, 1.82) is 0 Å². The normalized spacial score (nSPS) is 11.6. The van der Waals surface area contributed by atoms with Crippen LogP contribution < -0.4 is 4.90 Å². The molecule has 0 atom stereocenters. The van der Waals surface area contributed by atoms with Gasteiger partial charge in [-0.15, -0.1) is 0 Å². The predicted octanol–water partition coefficient (Wildman–Crippen LogP) is 18.8. The number of nitrogens with zero attached hydrogens (tertiary/aromatic N) is 1. The Morgan fingerprint density at radius 2 is 0.400 bits per heavy atom. The second-order valence-electron chi connectivity index (χ2n) is 17.5. The van der Waals surface area contributed by atoms with E-state index in [-0.39, 0.29) is 0 Å². The van der Waals surface area contributed by atoms with Crippen molar-refractivity contribution in [3.05, 3.63) is 341 Å². The van der Waals surface area contributed by atoms with Gasteiger partial charge in [0.1, 0.15) is 0 Å². The Morgan fingerprint density at radius 3 is 0.586 bits per heavy atom. The molecule has 0 aromatic heterocycles. The largest absolute Gasteiger partial charge is 0.311 e. The minimum absolute atomic E-state index is 1.08. The van der Waals surface area contributed by atoms with Crippen LogP contribution in [0.4, 0.5) is 17.1 Å². The van der Waals surface area contributed by atoms with E-state index in [1.54, 1.807) is 0 Å². The third-order valence-electron chi connectivity index (χ3n) is 12.8. The SMILES string of the molecule is CC(=CC=C(c1ccccc1)c1ccccc1)c1ccc(N(c2ccc(C(C)=CC=C(c3ccccc3)c3ccccc3)cc2)c2ccc(C(C)=CC=C(c3ccccc3)c3ccccc3)cc2)cc1. The Bertz CT molecular complexity index is 2800. The molecule has 0 saturated heterocycles. The van der Waals surface area contributed by atoms with Crippen molar-refractivity contribution in [2.75, 3.05) is 4.90 Å². The van der Waals surface area contributed by atoms with Crippen LogP contribution in [0.25, 0.3) is 33.4 Å². The first-order valence-corrected chi connectivity index (χ1v) is 24.1. The molecule has 9 aromatic carbocycles. The lowest BCUT2D eigenvalue weighted by Gasteiger charge is -2.26. The summed E-state index contributed by atoms with van der Waals surface area (Å²) in [6.45, 7) is 6.57. The van der Waals surface area contributed by atoms with Crippen molar-refractivity contribution in [3.8, 4) is 0 Å². The van der Waals surface area contributed by atoms with Gasteiger partial charge < -0.3 is 4.90 Å². The molecule has 0 unspecified atom stereocenters. The molecule has 0 N–H and O–H groups in total. The number of rotatable bonds is 15. The molecule has 9 rings (SSSR count). The van der Waals surface area contributed by atoms with E-state index in [1.165, 1.54) is 83.5 Å². The Hall–Kier alpha value is -8.78. The summed E-state index contributed by atoms with van der Waals surface area (Å²) in [6, 6.07) is 90.6. The summed E-state index contributed by atoms with van der Waals surface area (Å²) < 4.78 is 0. The van der Waals surface area contributed by atoms with Crippen molar-refractivity contribution in [1.82, 2.24) is 0 Å². The van der Waals surface area contributed by atoms with E-state index >= 15 is 0 Å². The molecule has 1 nitrogen and oxygen atoms in total. The van der Waals surface area contributed by atoms with Crippen molar-refractivity contribution >= 4 is 50.5 Å². The second-order valence-corrected chi connectivity index (χ2v) is 17.5. The third kappa shape index (κ3) is 11.5. The highest BCUT2D eigenvalue weighted by atomic mass is 15.1. The molecule has 70 heavy (non-hydrogen) atoms. The number of benzene rings is 9. The maximum absolute atomic E-state index is 2.35. The first kappa shape index (κ1) is 46.3. The zero-order chi connectivity index (χ0) is 47.9. The molecule has 1 heteroatoms. The van der Waals surface area contributed by atoms with Crippen LogP contribution >= 0.6 is 0 Å². The van der Waals surface area contributed by atoms with Crippen LogP contribution in [0.5, 0.6) is 0 Å². The van der Waals surface area contributed by atoms with E-state index in [1.807, 2.05) is 0 Å². The van der Waals surface area contributed by atoms with Crippen LogP contribution in [0.15, 0.2) is 291 Å². The van der Waals surface area contributed by atoms with Crippen molar-refractivity contribution in [3.63, 3.8) is 0 Å². The molecule has 0 aliphatic carbocycles. The Labute approximate surface area is 415 Å². The van der Waals surface area contributed by atoms with E-state index in [4.69, 9.17) is 0 Å². The molecule has 0 amide bonds. The molecule has 0 radical (unpaired) electrons. The van der Waals surface area contributed by atoms with Crippen molar-refractivity contribution in [2.24, 2.45) is 0 Å². The highest BCUT2D eigenvalue weighted by Gasteiger charge is 2.14. The number of hydrogen-bond acceptors (Lipinski definition) is 1. The standard InChI is InChI=1S/C69H57N/c1-52(34-49-67(58-22-10-4-11-23-58)59-24-12-5-13-25-59)55-37-43-64(44-38-55)70(65-45-39-56(40-46-65)53(2)35-50-68(60-26-14-6-15-27-60)61-28-16-7-17-29-61)66-47-41-57(42-48-66)54(3)36-51-69(62-30-18-8-19-31-62)63-32-20-9-21-33-63/h4-51H,1-3H3. The maximum atomic E-state index is 2.35. The molecule has 338 valence electrons. The Kier molecular flexibility index (Phi) is 15.1. The number of anilines is 3. The van der Waals surface area contributed by atoms with E-state index in [0.29, 0.717) is 0 Å². The van der Waals surface area contributed by atoms with E-state index in [2.05, 4.69) is 317 Å². The van der Waals surface area contributed by atoms with Crippen LogP contribution in [0.3, 0.4) is 0 Å². The number of hydrogen-bond donors (Lipinski definition) is 0. The minimum atomic E-state index is 1.08. The zero-order valence-electron chi connectivity index (χ0n) is 40.2. The van der Waals surface area contributed by atoms with Crippen LogP contribution in [-0.2, 0) is 0 Å². The molecule has 0 bridgehead atoms. The van der Waals surface area contributed by atoms with Gasteiger partial charge in [-0.25, -0.2) is 0 Å². The second kappa shape index (κ2) is 22.8. The molecule has 0 spiro atoms. The van der Waals surface area contributed by atoms with Crippen molar-refractivity contribution < 1.29 is 0 Å². The molecule has 0 aliphatic rings. The van der Waals surface area contributed by atoms with Crippen LogP contribution in [0, 0.1) is 0 Å². The van der Waals surface area contributed by atoms with Gasteiger partial charge in [0.2, 0.25) is 0 Å². The molecule has 0 aliphatic heterocycles. The highest BCUT2D eigenvalue weighted by molar-refractivity contribution is 5.86. The van der Waals surface area contributed by atoms with Crippen molar-refractivity contribution in [2.45, 2.75) is 20.8 Å². The molecule has 0 fully saturated rings. The minimum Gasteiger partial charge on any atom is -0.311 e. The summed E-state index contributed by atoms with van der Waals surface area (Å²) in [4.78, 5) is 2.35. The lowest BCUT2D eigenvalue weighted by atomic mass is 9.96. The monoisotopic (exact) mass is 899 g/mol. The Balaban J connectivity index is 1.04. The number of allylic oxidation sites excluding steroid dienone is 9. The molecular weight excluding hydrogens is 843 g/mol. The van der Waals surface area contributed by atoms with Gasteiger partial charge in [-0.3, -0.25) is 0 Å². The summed E-state index contributed by atoms with van der Waals surface area (Å²) in [7, 11) is 0. The lowest BCUT2D eigenvalue weighted by molar-refractivity contribution is 1.27. The maximum Gasteiger partial charge on any atom is 0.0462 e. The predicted molar refractivity (Wildman–Crippen MR) is 302 cm³/mol. The van der Waals surface area contributed by atoms with Gasteiger partial charge in [-0.1, -0.05) is 255 Å². The Morgan fingerprint density at radius 1 is 0.214 bits per heavy atom. The van der Waals surface area contributed by atoms with Gasteiger partial charge in [0.25, 0.3) is 0 Å². The van der Waals surface area contributed by atoms with Gasteiger partial charge in [-0.05, 0) is 141 Å². The summed E-state index contributed by atoms with van der Waals surface area (Å²) in [5.41, 5.74) is 21.1. The molecule has 9 aromatic rings. The topological polar surface area (TPSA) is 3.24 Å². The summed E-state index contributed by atoms with van der Waals surface area (Å²) in [6.07, 6.45) is 13.4. The molecule has 0 heterocycles. The first-order chi connectivity index (χ1) is 34.5. The van der Waals surface area contributed by atoms with E-state index in [0.717, 1.165) is 17.1 Å². The van der Waals surface area contributed by atoms with E-state index < -0.39 is 0 Å². The zero-order valence-corrected chi connectivity index (χ0v) is 40.2. The fraction of sp³-hybridized carbons (Fsp3) is 0.0435. The third-order valence-corrected chi connectivity index (χ3v) is 12.8. The quantitative estimate of drug-likeness (QED) is 0.0927. The highest BCUT2D eigenvalue weighted by Crippen LogP contribution is 2.37. The first-order valence-electron chi connectivity index (χ1n) is 24.1. The summed E-state index contributed by atoms with van der Waals surface area (Å²) >= 11 is 0. The van der Waals surface area contributed by atoms with Crippen LogP contribution in [0.1, 0.15) is 70.8 Å². The fourth-order valence-corrected chi connectivity index (χ4v) is 8.76. The van der Waals surface area contributed by atoms with Crippen LogP contribution in [0.2, 0.25) is 0 Å². The summed E-state index contributed by atoms with van der Waals surface area (Å²) in [5, 5.41) is 0. The van der Waals surface area contributed by atoms with Gasteiger partial charge in [-0.2, -0.15) is 0 Å².